The average molecular weight is 321 g/mol. The molecule has 0 bridgehead atoms. The minimum absolute atomic E-state index is 0.221. The Morgan fingerprint density at radius 1 is 1.21 bits per heavy atom. The highest BCUT2D eigenvalue weighted by molar-refractivity contribution is 9.10. The summed E-state index contributed by atoms with van der Waals surface area (Å²) in [5.74, 6) is 1.88. The first-order valence-electron chi connectivity index (χ1n) is 6.33. The molecule has 4 nitrogen and oxygen atoms in total. The lowest BCUT2D eigenvalue weighted by molar-refractivity contribution is 0.534. The molecule has 0 fully saturated rings. The minimum Gasteiger partial charge on any atom is -0.371 e. The van der Waals surface area contributed by atoms with Crippen molar-refractivity contribution in [3.8, 4) is 5.69 Å². The fourth-order valence-corrected chi connectivity index (χ4v) is 3.06. The Bertz CT molecular complexity index is 685. The van der Waals surface area contributed by atoms with Crippen molar-refractivity contribution in [3.63, 3.8) is 0 Å². The SMILES string of the molecule is Cc1cc2c(c(C)c1Br)-n1c(C)nnc1C(C)(C)N2. The van der Waals surface area contributed by atoms with Crippen molar-refractivity contribution in [2.45, 2.75) is 40.2 Å². The molecule has 0 aliphatic carbocycles. The second-order valence-corrected chi connectivity index (χ2v) is 6.48. The zero-order valence-corrected chi connectivity index (χ0v) is 13.4. The van der Waals surface area contributed by atoms with Gasteiger partial charge >= 0.3 is 0 Å². The third-order valence-electron chi connectivity index (χ3n) is 3.70. The second-order valence-electron chi connectivity index (χ2n) is 5.68. The molecule has 1 aliphatic heterocycles. The van der Waals surface area contributed by atoms with E-state index in [1.54, 1.807) is 0 Å². The van der Waals surface area contributed by atoms with Crippen LogP contribution >= 0.6 is 15.9 Å². The molecular formula is C14H17BrN4. The van der Waals surface area contributed by atoms with E-state index >= 15 is 0 Å². The van der Waals surface area contributed by atoms with Crippen molar-refractivity contribution in [3.05, 3.63) is 33.3 Å². The largest absolute Gasteiger partial charge is 0.371 e. The topological polar surface area (TPSA) is 42.7 Å². The van der Waals surface area contributed by atoms with Gasteiger partial charge in [0.25, 0.3) is 0 Å². The third-order valence-corrected chi connectivity index (χ3v) is 4.92. The Kier molecular flexibility index (Phi) is 2.55. The van der Waals surface area contributed by atoms with E-state index in [1.165, 1.54) is 11.1 Å². The molecule has 1 aliphatic rings. The van der Waals surface area contributed by atoms with Crippen LogP contribution in [0.25, 0.3) is 5.69 Å². The number of nitrogens with one attached hydrogen (secondary N) is 1. The molecule has 5 heteroatoms. The number of aryl methyl sites for hydroxylation is 2. The van der Waals surface area contributed by atoms with Gasteiger partial charge < -0.3 is 5.32 Å². The summed E-state index contributed by atoms with van der Waals surface area (Å²) < 4.78 is 3.30. The average Bonchev–Trinajstić information content (AvgIpc) is 2.69. The maximum atomic E-state index is 4.34. The monoisotopic (exact) mass is 320 g/mol. The molecule has 1 aromatic heterocycles. The van der Waals surface area contributed by atoms with Crippen molar-refractivity contribution >= 4 is 21.6 Å². The lowest BCUT2D eigenvalue weighted by atomic mass is 9.97. The summed E-state index contributed by atoms with van der Waals surface area (Å²) in [6, 6.07) is 2.18. The van der Waals surface area contributed by atoms with E-state index < -0.39 is 0 Å². The number of rotatable bonds is 0. The highest BCUT2D eigenvalue weighted by Gasteiger charge is 2.35. The summed E-state index contributed by atoms with van der Waals surface area (Å²) in [6.45, 7) is 10.5. The van der Waals surface area contributed by atoms with E-state index in [0.29, 0.717) is 0 Å². The van der Waals surface area contributed by atoms with Crippen LogP contribution in [0.1, 0.15) is 36.6 Å². The first-order chi connectivity index (χ1) is 8.83. The van der Waals surface area contributed by atoms with Crippen molar-refractivity contribution in [1.82, 2.24) is 14.8 Å². The smallest absolute Gasteiger partial charge is 0.162 e. The molecule has 0 radical (unpaired) electrons. The zero-order chi connectivity index (χ0) is 13.9. The number of anilines is 1. The van der Waals surface area contributed by atoms with Gasteiger partial charge in [0.15, 0.2) is 5.82 Å². The van der Waals surface area contributed by atoms with Crippen LogP contribution in [-0.4, -0.2) is 14.8 Å². The first kappa shape index (κ1) is 12.7. The molecule has 1 N–H and O–H groups in total. The van der Waals surface area contributed by atoms with Gasteiger partial charge in [-0.1, -0.05) is 15.9 Å². The molecular weight excluding hydrogens is 304 g/mol. The van der Waals surface area contributed by atoms with Crippen LogP contribution in [0, 0.1) is 20.8 Å². The zero-order valence-electron chi connectivity index (χ0n) is 11.8. The number of fused-ring (bicyclic) bond motifs is 3. The Labute approximate surface area is 121 Å². The summed E-state index contributed by atoms with van der Waals surface area (Å²) in [7, 11) is 0. The molecule has 3 rings (SSSR count). The molecule has 0 saturated carbocycles. The van der Waals surface area contributed by atoms with Gasteiger partial charge in [-0.25, -0.2) is 0 Å². The Balaban J connectivity index is 2.42. The van der Waals surface area contributed by atoms with Crippen molar-refractivity contribution < 1.29 is 0 Å². The van der Waals surface area contributed by atoms with E-state index in [0.717, 1.165) is 27.5 Å². The van der Waals surface area contributed by atoms with Crippen molar-refractivity contribution in [1.29, 1.82) is 0 Å². The second kappa shape index (κ2) is 3.82. The number of benzene rings is 1. The Morgan fingerprint density at radius 3 is 2.58 bits per heavy atom. The fraction of sp³-hybridized carbons (Fsp3) is 0.429. The van der Waals surface area contributed by atoms with Crippen LogP contribution in [0.5, 0.6) is 0 Å². The van der Waals surface area contributed by atoms with Gasteiger partial charge in [0, 0.05) is 4.47 Å². The molecule has 19 heavy (non-hydrogen) atoms. The predicted molar refractivity (Wildman–Crippen MR) is 79.9 cm³/mol. The van der Waals surface area contributed by atoms with Gasteiger partial charge in [0.05, 0.1) is 16.9 Å². The van der Waals surface area contributed by atoms with E-state index in [-0.39, 0.29) is 5.54 Å². The lowest BCUT2D eigenvalue weighted by Gasteiger charge is -2.35. The van der Waals surface area contributed by atoms with E-state index in [9.17, 15) is 0 Å². The molecule has 2 aromatic rings. The number of halogens is 1. The maximum Gasteiger partial charge on any atom is 0.162 e. The molecule has 0 spiro atoms. The summed E-state index contributed by atoms with van der Waals surface area (Å²) in [5.41, 5.74) is 4.50. The van der Waals surface area contributed by atoms with E-state index in [2.05, 4.69) is 69.8 Å². The summed E-state index contributed by atoms with van der Waals surface area (Å²) in [5, 5.41) is 12.2. The third kappa shape index (κ3) is 1.64. The summed E-state index contributed by atoms with van der Waals surface area (Å²) >= 11 is 3.67. The Morgan fingerprint density at radius 2 is 1.89 bits per heavy atom. The van der Waals surface area contributed by atoms with E-state index in [1.807, 2.05) is 6.92 Å². The molecule has 0 saturated heterocycles. The summed E-state index contributed by atoms with van der Waals surface area (Å²) in [6.07, 6.45) is 0. The highest BCUT2D eigenvalue weighted by atomic mass is 79.9. The van der Waals surface area contributed by atoms with Gasteiger partial charge in [0.2, 0.25) is 0 Å². The predicted octanol–water partition coefficient (Wildman–Crippen LogP) is 3.62. The molecule has 2 heterocycles. The normalized spacial score (nSPS) is 15.7. The lowest BCUT2D eigenvalue weighted by Crippen LogP contribution is -2.36. The first-order valence-corrected chi connectivity index (χ1v) is 7.13. The molecule has 0 unspecified atom stereocenters. The van der Waals surface area contributed by atoms with Gasteiger partial charge in [-0.15, -0.1) is 10.2 Å². The van der Waals surface area contributed by atoms with Gasteiger partial charge in [-0.3, -0.25) is 4.57 Å². The van der Waals surface area contributed by atoms with Crippen LogP contribution in [0.2, 0.25) is 0 Å². The van der Waals surface area contributed by atoms with Crippen molar-refractivity contribution in [2.75, 3.05) is 5.32 Å². The maximum absolute atomic E-state index is 4.34. The van der Waals surface area contributed by atoms with Gasteiger partial charge in [-0.2, -0.15) is 0 Å². The number of hydrogen-bond acceptors (Lipinski definition) is 3. The number of aromatic nitrogens is 3. The molecule has 1 aromatic carbocycles. The van der Waals surface area contributed by atoms with E-state index in [4.69, 9.17) is 0 Å². The molecule has 0 atom stereocenters. The van der Waals surface area contributed by atoms with Crippen LogP contribution in [0.3, 0.4) is 0 Å². The van der Waals surface area contributed by atoms with Crippen LogP contribution in [0.4, 0.5) is 5.69 Å². The van der Waals surface area contributed by atoms with Gasteiger partial charge in [0.1, 0.15) is 5.82 Å². The molecule has 0 amide bonds. The Hall–Kier alpha value is -1.36. The van der Waals surface area contributed by atoms with Crippen LogP contribution < -0.4 is 5.32 Å². The quantitative estimate of drug-likeness (QED) is 0.806. The van der Waals surface area contributed by atoms with Crippen LogP contribution in [-0.2, 0) is 5.54 Å². The van der Waals surface area contributed by atoms with Crippen molar-refractivity contribution in [2.24, 2.45) is 0 Å². The number of nitrogens with zero attached hydrogens (tertiary/aromatic N) is 3. The number of hydrogen-bond donors (Lipinski definition) is 1. The fourth-order valence-electron chi connectivity index (χ4n) is 2.76. The molecule has 100 valence electrons. The minimum atomic E-state index is -0.221. The van der Waals surface area contributed by atoms with Gasteiger partial charge in [-0.05, 0) is 51.8 Å². The van der Waals surface area contributed by atoms with Crippen LogP contribution in [0.15, 0.2) is 10.5 Å². The summed E-state index contributed by atoms with van der Waals surface area (Å²) in [4.78, 5) is 0. The highest BCUT2D eigenvalue weighted by Crippen LogP contribution is 2.41. The standard InChI is InChI=1S/C14H17BrN4/c1-7-6-10-12(8(2)11(7)15)19-9(3)17-18-13(19)14(4,5)16-10/h6,16H,1-5H3.